The molecule has 1 aromatic rings. The van der Waals surface area contributed by atoms with E-state index in [9.17, 15) is 17.6 Å². The molecule has 0 amide bonds. The molecule has 0 spiro atoms. The van der Waals surface area contributed by atoms with Gasteiger partial charge in [0.15, 0.2) is 0 Å². The van der Waals surface area contributed by atoms with Crippen molar-refractivity contribution in [2.24, 2.45) is 0 Å². The number of methoxy groups -OCH3 is 1. The van der Waals surface area contributed by atoms with Gasteiger partial charge in [0.25, 0.3) is 0 Å². The number of halogens is 4. The van der Waals surface area contributed by atoms with Gasteiger partial charge in [0.2, 0.25) is 0 Å². The van der Waals surface area contributed by atoms with Crippen molar-refractivity contribution >= 4 is 0 Å². The highest BCUT2D eigenvalue weighted by Gasteiger charge is 2.32. The highest BCUT2D eigenvalue weighted by atomic mass is 19.4. The number of ether oxygens (including phenoxy) is 1. The molecule has 0 bridgehead atoms. The van der Waals surface area contributed by atoms with Gasteiger partial charge in [-0.15, -0.1) is 0 Å². The van der Waals surface area contributed by atoms with Crippen LogP contribution in [0.25, 0.3) is 0 Å². The van der Waals surface area contributed by atoms with Crippen LogP contribution < -0.4 is 10.1 Å². The van der Waals surface area contributed by atoms with Crippen LogP contribution in [-0.2, 0) is 0 Å². The predicted octanol–water partition coefficient (Wildman–Crippen LogP) is 3.51. The Labute approximate surface area is 133 Å². The number of hydrogen-bond acceptors (Lipinski definition) is 3. The number of benzene rings is 1. The van der Waals surface area contributed by atoms with Crippen molar-refractivity contribution in [1.82, 2.24) is 10.2 Å². The lowest BCUT2D eigenvalue weighted by Crippen LogP contribution is -2.46. The molecule has 0 radical (unpaired) electrons. The van der Waals surface area contributed by atoms with Crippen LogP contribution in [0.4, 0.5) is 17.6 Å². The van der Waals surface area contributed by atoms with Gasteiger partial charge in [-0.2, -0.15) is 13.2 Å². The number of hydrogen-bond donors (Lipinski definition) is 1. The first kappa shape index (κ1) is 18.0. The number of likely N-dealkylation sites (tertiary alicyclic amines) is 1. The normalized spacial score (nSPS) is 18.9. The van der Waals surface area contributed by atoms with Gasteiger partial charge in [0.1, 0.15) is 11.6 Å². The monoisotopic (exact) mass is 334 g/mol. The van der Waals surface area contributed by atoms with Crippen molar-refractivity contribution in [3.63, 3.8) is 0 Å². The van der Waals surface area contributed by atoms with Gasteiger partial charge in [-0.1, -0.05) is 0 Å². The Morgan fingerprint density at radius 3 is 2.52 bits per heavy atom. The van der Waals surface area contributed by atoms with E-state index in [1.54, 1.807) is 6.07 Å². The maximum atomic E-state index is 13.4. The first-order chi connectivity index (χ1) is 10.8. The average Bonchev–Trinajstić information content (AvgIpc) is 2.47. The Morgan fingerprint density at radius 1 is 1.30 bits per heavy atom. The SMILES string of the molecule is COc1ccc(F)cc1[C@H](C)NC1CCN(CC(F)(F)F)CC1. The second-order valence-electron chi connectivity index (χ2n) is 5.94. The molecule has 1 aliphatic heterocycles. The minimum absolute atomic E-state index is 0.113. The van der Waals surface area contributed by atoms with E-state index in [1.807, 2.05) is 6.92 Å². The molecule has 130 valence electrons. The Hall–Kier alpha value is -1.34. The minimum Gasteiger partial charge on any atom is -0.496 e. The van der Waals surface area contributed by atoms with Crippen LogP contribution in [0.1, 0.15) is 31.4 Å². The van der Waals surface area contributed by atoms with Crippen molar-refractivity contribution in [2.45, 2.75) is 38.0 Å². The van der Waals surface area contributed by atoms with E-state index in [0.29, 0.717) is 37.2 Å². The highest BCUT2D eigenvalue weighted by Crippen LogP contribution is 2.27. The maximum absolute atomic E-state index is 13.4. The van der Waals surface area contributed by atoms with E-state index in [0.717, 1.165) is 0 Å². The molecule has 1 saturated heterocycles. The van der Waals surface area contributed by atoms with E-state index in [-0.39, 0.29) is 17.9 Å². The minimum atomic E-state index is -4.15. The third-order valence-corrected chi connectivity index (χ3v) is 4.13. The van der Waals surface area contributed by atoms with E-state index < -0.39 is 12.7 Å². The van der Waals surface area contributed by atoms with Crippen LogP contribution in [0.2, 0.25) is 0 Å². The summed E-state index contributed by atoms with van der Waals surface area (Å²) in [7, 11) is 1.53. The van der Waals surface area contributed by atoms with Crippen LogP contribution in [0, 0.1) is 5.82 Å². The van der Waals surface area contributed by atoms with Gasteiger partial charge in [-0.05, 0) is 51.1 Å². The van der Waals surface area contributed by atoms with Gasteiger partial charge in [0.05, 0.1) is 13.7 Å². The number of alkyl halides is 3. The average molecular weight is 334 g/mol. The fourth-order valence-electron chi connectivity index (χ4n) is 3.00. The van der Waals surface area contributed by atoms with Gasteiger partial charge < -0.3 is 10.1 Å². The van der Waals surface area contributed by atoms with Crippen molar-refractivity contribution in [1.29, 1.82) is 0 Å². The van der Waals surface area contributed by atoms with Gasteiger partial charge >= 0.3 is 6.18 Å². The summed E-state index contributed by atoms with van der Waals surface area (Å²) in [5.41, 5.74) is 0.713. The second kappa shape index (κ2) is 7.49. The Morgan fingerprint density at radius 2 is 1.96 bits per heavy atom. The van der Waals surface area contributed by atoms with Crippen LogP contribution in [0.15, 0.2) is 18.2 Å². The van der Waals surface area contributed by atoms with E-state index >= 15 is 0 Å². The maximum Gasteiger partial charge on any atom is 0.401 e. The van der Waals surface area contributed by atoms with Crippen molar-refractivity contribution < 1.29 is 22.3 Å². The molecular weight excluding hydrogens is 312 g/mol. The van der Waals surface area contributed by atoms with Crippen molar-refractivity contribution in [2.75, 3.05) is 26.7 Å². The smallest absolute Gasteiger partial charge is 0.401 e. The van der Waals surface area contributed by atoms with Crippen LogP contribution in [0.5, 0.6) is 5.75 Å². The van der Waals surface area contributed by atoms with Crippen LogP contribution >= 0.6 is 0 Å². The first-order valence-corrected chi connectivity index (χ1v) is 7.67. The summed E-state index contributed by atoms with van der Waals surface area (Å²) in [5.74, 6) is 0.260. The summed E-state index contributed by atoms with van der Waals surface area (Å²) in [4.78, 5) is 1.42. The summed E-state index contributed by atoms with van der Waals surface area (Å²) < 4.78 is 55.8. The molecule has 23 heavy (non-hydrogen) atoms. The molecular formula is C16H22F4N2O. The lowest BCUT2D eigenvalue weighted by Gasteiger charge is -2.34. The van der Waals surface area contributed by atoms with Gasteiger partial charge in [-0.3, -0.25) is 4.90 Å². The zero-order valence-electron chi connectivity index (χ0n) is 13.3. The summed E-state index contributed by atoms with van der Waals surface area (Å²) in [6, 6.07) is 4.32. The predicted molar refractivity (Wildman–Crippen MR) is 80.0 cm³/mol. The number of piperidine rings is 1. The van der Waals surface area contributed by atoms with Gasteiger partial charge in [-0.25, -0.2) is 4.39 Å². The molecule has 3 nitrogen and oxygen atoms in total. The molecule has 0 saturated carbocycles. The summed E-state index contributed by atoms with van der Waals surface area (Å²) >= 11 is 0. The zero-order valence-corrected chi connectivity index (χ0v) is 13.3. The number of nitrogens with zero attached hydrogens (tertiary/aromatic N) is 1. The fraction of sp³-hybridized carbons (Fsp3) is 0.625. The van der Waals surface area contributed by atoms with E-state index in [4.69, 9.17) is 4.74 Å². The molecule has 1 aromatic carbocycles. The molecule has 1 aliphatic rings. The largest absolute Gasteiger partial charge is 0.496 e. The Kier molecular flexibility index (Phi) is 5.86. The first-order valence-electron chi connectivity index (χ1n) is 7.67. The Balaban J connectivity index is 1.90. The molecule has 0 aromatic heterocycles. The highest BCUT2D eigenvalue weighted by molar-refractivity contribution is 5.36. The molecule has 2 rings (SSSR count). The summed E-state index contributed by atoms with van der Waals surface area (Å²) in [6.07, 6.45) is -2.88. The third kappa shape index (κ3) is 5.35. The quantitative estimate of drug-likeness (QED) is 0.834. The number of nitrogens with one attached hydrogen (secondary N) is 1. The number of rotatable bonds is 5. The van der Waals surface area contributed by atoms with Crippen LogP contribution in [-0.4, -0.2) is 43.9 Å². The van der Waals surface area contributed by atoms with Crippen molar-refractivity contribution in [3.8, 4) is 5.75 Å². The molecule has 1 N–H and O–H groups in total. The summed E-state index contributed by atoms with van der Waals surface area (Å²) in [6.45, 7) is 1.86. The molecule has 1 atom stereocenters. The third-order valence-electron chi connectivity index (χ3n) is 4.13. The van der Waals surface area contributed by atoms with Crippen molar-refractivity contribution in [3.05, 3.63) is 29.6 Å². The topological polar surface area (TPSA) is 24.5 Å². The molecule has 1 heterocycles. The Bertz CT molecular complexity index is 513. The standard InChI is InChI=1S/C16H22F4N2O/c1-11(14-9-12(17)3-4-15(14)23-2)21-13-5-7-22(8-6-13)10-16(18,19)20/h3-4,9,11,13,21H,5-8,10H2,1-2H3/t11-/m0/s1. The van der Waals surface area contributed by atoms with Crippen LogP contribution in [0.3, 0.4) is 0 Å². The zero-order chi connectivity index (χ0) is 17.0. The molecule has 0 aliphatic carbocycles. The van der Waals surface area contributed by atoms with E-state index in [1.165, 1.54) is 24.1 Å². The molecule has 7 heteroatoms. The molecule has 0 unspecified atom stereocenters. The van der Waals surface area contributed by atoms with E-state index in [2.05, 4.69) is 5.32 Å². The fourth-order valence-corrected chi connectivity index (χ4v) is 3.00. The lowest BCUT2D eigenvalue weighted by molar-refractivity contribution is -0.148. The summed E-state index contributed by atoms with van der Waals surface area (Å²) in [5, 5.41) is 3.37. The lowest BCUT2D eigenvalue weighted by atomic mass is 10.0. The molecule has 1 fully saturated rings. The second-order valence-corrected chi connectivity index (χ2v) is 5.94. The van der Waals surface area contributed by atoms with Gasteiger partial charge in [0, 0.05) is 17.6 Å².